The molecule has 0 radical (unpaired) electrons. The molecule has 1 aromatic rings. The summed E-state index contributed by atoms with van der Waals surface area (Å²) in [6.07, 6.45) is 9.98. The van der Waals surface area contributed by atoms with E-state index in [0.29, 0.717) is 0 Å². The molecule has 0 saturated heterocycles. The highest BCUT2D eigenvalue weighted by Gasteiger charge is 2.00. The van der Waals surface area contributed by atoms with Crippen LogP contribution >= 0.6 is 11.3 Å². The first kappa shape index (κ1) is 14.7. The molecule has 2 nitrogen and oxygen atoms in total. The number of hydrogen-bond acceptors (Lipinski definition) is 3. The van der Waals surface area contributed by atoms with Crippen LogP contribution in [0.15, 0.2) is 12.1 Å². The Morgan fingerprint density at radius 1 is 0.706 bits per heavy atom. The Morgan fingerprint density at radius 2 is 1.24 bits per heavy atom. The zero-order valence-electron chi connectivity index (χ0n) is 10.8. The molecule has 3 heteroatoms. The molecule has 1 heterocycles. The van der Waals surface area contributed by atoms with Gasteiger partial charge in [-0.25, -0.2) is 0 Å². The van der Waals surface area contributed by atoms with Gasteiger partial charge in [-0.2, -0.15) is 0 Å². The summed E-state index contributed by atoms with van der Waals surface area (Å²) < 4.78 is 0. The lowest BCUT2D eigenvalue weighted by atomic mass is 10.1. The maximum Gasteiger partial charge on any atom is 0.00486 e. The monoisotopic (exact) mass is 254 g/mol. The van der Waals surface area contributed by atoms with Crippen molar-refractivity contribution in [2.75, 3.05) is 13.1 Å². The molecule has 0 aromatic carbocycles. The molecule has 0 aliphatic rings. The molecule has 0 aliphatic carbocycles. The quantitative estimate of drug-likeness (QED) is 0.630. The lowest BCUT2D eigenvalue weighted by Crippen LogP contribution is -1.99. The van der Waals surface area contributed by atoms with Crippen LogP contribution in [-0.4, -0.2) is 13.1 Å². The average molecular weight is 254 g/mol. The minimum absolute atomic E-state index is 0.800. The molecule has 0 atom stereocenters. The molecule has 0 bridgehead atoms. The molecule has 0 spiro atoms. The van der Waals surface area contributed by atoms with Crippen LogP contribution in [0.2, 0.25) is 0 Å². The van der Waals surface area contributed by atoms with Crippen LogP contribution < -0.4 is 11.5 Å². The molecule has 0 fully saturated rings. The minimum Gasteiger partial charge on any atom is -0.330 e. The Bertz CT molecular complexity index is 284. The highest BCUT2D eigenvalue weighted by Crippen LogP contribution is 2.20. The van der Waals surface area contributed by atoms with Crippen molar-refractivity contribution < 1.29 is 0 Å². The summed E-state index contributed by atoms with van der Waals surface area (Å²) in [6, 6.07) is 4.56. The van der Waals surface area contributed by atoms with Crippen molar-refractivity contribution in [3.63, 3.8) is 0 Å². The smallest absolute Gasteiger partial charge is 0.00486 e. The van der Waals surface area contributed by atoms with E-state index in [1.165, 1.54) is 48.3 Å². The molecular formula is C14H26N2S. The van der Waals surface area contributed by atoms with Gasteiger partial charge in [0.25, 0.3) is 0 Å². The van der Waals surface area contributed by atoms with Gasteiger partial charge in [-0.15, -0.1) is 11.3 Å². The molecule has 0 aliphatic heterocycles. The number of nitrogens with two attached hydrogens (primary N) is 2. The Morgan fingerprint density at radius 3 is 1.88 bits per heavy atom. The standard InChI is InChI=1S/C14H26N2S/c15-11-5-3-1-2-4-7-13-9-10-14(17-13)8-6-12-16/h9-10H,1-8,11-12,15-16H2. The van der Waals surface area contributed by atoms with Gasteiger partial charge in [0.05, 0.1) is 0 Å². The Balaban J connectivity index is 2.08. The van der Waals surface area contributed by atoms with E-state index in [9.17, 15) is 0 Å². The summed E-state index contributed by atoms with van der Waals surface area (Å²) in [5.41, 5.74) is 11.0. The van der Waals surface area contributed by atoms with Crippen molar-refractivity contribution in [2.45, 2.75) is 51.4 Å². The fourth-order valence-electron chi connectivity index (χ4n) is 1.94. The fraction of sp³-hybridized carbons (Fsp3) is 0.714. The van der Waals surface area contributed by atoms with Crippen molar-refractivity contribution in [2.24, 2.45) is 11.5 Å². The van der Waals surface area contributed by atoms with Crippen molar-refractivity contribution in [3.8, 4) is 0 Å². The molecule has 1 aromatic heterocycles. The third-order valence-electron chi connectivity index (χ3n) is 2.97. The SMILES string of the molecule is NCCCCCCCc1ccc(CCCN)s1. The topological polar surface area (TPSA) is 52.0 Å². The van der Waals surface area contributed by atoms with Crippen LogP contribution in [0, 0.1) is 0 Å². The summed E-state index contributed by atoms with van der Waals surface area (Å²) in [5.74, 6) is 0. The van der Waals surface area contributed by atoms with E-state index in [4.69, 9.17) is 11.5 Å². The summed E-state index contributed by atoms with van der Waals surface area (Å²) in [4.78, 5) is 3.03. The van der Waals surface area contributed by atoms with E-state index in [-0.39, 0.29) is 0 Å². The zero-order chi connectivity index (χ0) is 12.3. The second kappa shape index (κ2) is 9.63. The van der Waals surface area contributed by atoms with Gasteiger partial charge in [0.1, 0.15) is 0 Å². The molecule has 98 valence electrons. The molecule has 1 rings (SSSR count). The first-order chi connectivity index (χ1) is 8.36. The van der Waals surface area contributed by atoms with Crippen LogP contribution in [0.1, 0.15) is 48.3 Å². The summed E-state index contributed by atoms with van der Waals surface area (Å²) in [6.45, 7) is 1.64. The van der Waals surface area contributed by atoms with E-state index >= 15 is 0 Å². The van der Waals surface area contributed by atoms with Crippen molar-refractivity contribution in [1.82, 2.24) is 0 Å². The number of thiophene rings is 1. The fourth-order valence-corrected chi connectivity index (χ4v) is 3.04. The van der Waals surface area contributed by atoms with E-state index in [2.05, 4.69) is 12.1 Å². The normalized spacial score (nSPS) is 10.9. The number of unbranched alkanes of at least 4 members (excludes halogenated alkanes) is 4. The average Bonchev–Trinajstić information content (AvgIpc) is 2.79. The van der Waals surface area contributed by atoms with Gasteiger partial charge in [0, 0.05) is 9.75 Å². The third kappa shape index (κ3) is 6.81. The zero-order valence-corrected chi connectivity index (χ0v) is 11.6. The molecule has 17 heavy (non-hydrogen) atoms. The van der Waals surface area contributed by atoms with Crippen LogP contribution in [0.3, 0.4) is 0 Å². The van der Waals surface area contributed by atoms with Crippen molar-refractivity contribution in [1.29, 1.82) is 0 Å². The first-order valence-electron chi connectivity index (χ1n) is 6.84. The third-order valence-corrected chi connectivity index (χ3v) is 4.18. The van der Waals surface area contributed by atoms with E-state index in [1.54, 1.807) is 0 Å². The van der Waals surface area contributed by atoms with Gasteiger partial charge in [0.15, 0.2) is 0 Å². The molecule has 0 unspecified atom stereocenters. The lowest BCUT2D eigenvalue weighted by Gasteiger charge is -1.99. The second-order valence-electron chi connectivity index (χ2n) is 4.57. The summed E-state index contributed by atoms with van der Waals surface area (Å²) in [7, 11) is 0. The Kier molecular flexibility index (Phi) is 8.32. The van der Waals surface area contributed by atoms with Crippen molar-refractivity contribution in [3.05, 3.63) is 21.9 Å². The largest absolute Gasteiger partial charge is 0.330 e. The highest BCUT2D eigenvalue weighted by molar-refractivity contribution is 7.11. The predicted molar refractivity (Wildman–Crippen MR) is 77.5 cm³/mol. The Labute approximate surface area is 109 Å². The number of aryl methyl sites for hydroxylation is 2. The van der Waals surface area contributed by atoms with Gasteiger partial charge in [0.2, 0.25) is 0 Å². The summed E-state index contributed by atoms with van der Waals surface area (Å²) in [5, 5.41) is 0. The minimum atomic E-state index is 0.800. The Hall–Kier alpha value is -0.380. The highest BCUT2D eigenvalue weighted by atomic mass is 32.1. The first-order valence-corrected chi connectivity index (χ1v) is 7.66. The van der Waals surface area contributed by atoms with Gasteiger partial charge >= 0.3 is 0 Å². The number of rotatable bonds is 10. The van der Waals surface area contributed by atoms with Crippen LogP contribution in [0.4, 0.5) is 0 Å². The van der Waals surface area contributed by atoms with Crippen LogP contribution in [-0.2, 0) is 12.8 Å². The second-order valence-corrected chi connectivity index (χ2v) is 5.82. The maximum atomic E-state index is 5.52. The van der Waals surface area contributed by atoms with Crippen LogP contribution in [0.25, 0.3) is 0 Å². The molecule has 0 amide bonds. The van der Waals surface area contributed by atoms with Crippen molar-refractivity contribution >= 4 is 11.3 Å². The maximum absolute atomic E-state index is 5.52. The number of hydrogen-bond donors (Lipinski definition) is 2. The van der Waals surface area contributed by atoms with Gasteiger partial charge in [-0.05, 0) is 57.3 Å². The predicted octanol–water partition coefficient (Wildman–Crippen LogP) is 3.09. The van der Waals surface area contributed by atoms with E-state index in [0.717, 1.165) is 25.9 Å². The summed E-state index contributed by atoms with van der Waals surface area (Å²) >= 11 is 1.97. The van der Waals surface area contributed by atoms with Crippen LogP contribution in [0.5, 0.6) is 0 Å². The van der Waals surface area contributed by atoms with E-state index < -0.39 is 0 Å². The van der Waals surface area contributed by atoms with Gasteiger partial charge in [-0.3, -0.25) is 0 Å². The van der Waals surface area contributed by atoms with Gasteiger partial charge < -0.3 is 11.5 Å². The van der Waals surface area contributed by atoms with Gasteiger partial charge in [-0.1, -0.05) is 19.3 Å². The van der Waals surface area contributed by atoms with E-state index in [1.807, 2.05) is 11.3 Å². The molecular weight excluding hydrogens is 228 g/mol. The molecule has 4 N–H and O–H groups in total. The lowest BCUT2D eigenvalue weighted by molar-refractivity contribution is 0.620. The molecule has 0 saturated carbocycles.